The molecule has 13 heteroatoms. The minimum Gasteiger partial charge on any atom is -0.493 e. The normalized spacial score (nSPS) is 13.4. The van der Waals surface area contributed by atoms with Gasteiger partial charge in [0.05, 0.1) is 35.1 Å². The Morgan fingerprint density at radius 1 is 1.00 bits per heavy atom. The maximum atomic E-state index is 13.9. The Labute approximate surface area is 250 Å². The van der Waals surface area contributed by atoms with Crippen molar-refractivity contribution in [3.05, 3.63) is 66.5 Å². The molecule has 1 aliphatic heterocycles. The number of nitrogens with one attached hydrogen (secondary N) is 3. The highest BCUT2D eigenvalue weighted by molar-refractivity contribution is 7.22. The van der Waals surface area contributed by atoms with Gasteiger partial charge in [0, 0.05) is 29.8 Å². The third-order valence-electron chi connectivity index (χ3n) is 7.04. The maximum absolute atomic E-state index is 13.9. The van der Waals surface area contributed by atoms with Crippen molar-refractivity contribution in [2.45, 2.75) is 19.3 Å². The van der Waals surface area contributed by atoms with Crippen molar-refractivity contribution in [1.82, 2.24) is 19.9 Å². The fraction of sp³-hybridized carbons (Fsp3) is 0.267. The van der Waals surface area contributed by atoms with Gasteiger partial charge in [0.1, 0.15) is 23.8 Å². The van der Waals surface area contributed by atoms with Crippen molar-refractivity contribution in [1.29, 1.82) is 0 Å². The van der Waals surface area contributed by atoms with Crippen LogP contribution in [0.15, 0.2) is 54.9 Å². The van der Waals surface area contributed by atoms with E-state index in [0.29, 0.717) is 45.8 Å². The molecule has 3 aromatic carbocycles. The van der Waals surface area contributed by atoms with Crippen molar-refractivity contribution >= 4 is 60.8 Å². The van der Waals surface area contributed by atoms with Crippen molar-refractivity contribution in [2.24, 2.45) is 0 Å². The number of aromatic nitrogens is 3. The molecule has 10 nitrogen and oxygen atoms in total. The number of carbonyl (C=O) groups is 1. The summed E-state index contributed by atoms with van der Waals surface area (Å²) in [5.74, 6) is 0.373. The number of hydrogen-bond donors (Lipinski definition) is 3. The Morgan fingerprint density at radius 3 is 2.70 bits per heavy atom. The van der Waals surface area contributed by atoms with Crippen molar-refractivity contribution < 1.29 is 23.0 Å². The summed E-state index contributed by atoms with van der Waals surface area (Å²) < 4.78 is 39.8. The molecule has 2 aromatic heterocycles. The number of nitrogens with zero attached hydrogens (tertiary/aromatic N) is 4. The smallest absolute Gasteiger partial charge is 0.323 e. The number of thiazole rings is 1. The monoisotopic (exact) mass is 605 g/mol. The number of benzene rings is 3. The van der Waals surface area contributed by atoms with E-state index in [9.17, 15) is 13.6 Å². The second-order valence-corrected chi connectivity index (χ2v) is 11.1. The maximum Gasteiger partial charge on any atom is 0.323 e. The SMILES string of the molecule is COc1cc2c(Nc3nc4ccc(NC(=O)Nc5cc(F)ccc5F)cc4s3)ncnc2cc1OCCCN1CCCC1. The molecule has 1 aliphatic rings. The van der Waals surface area contributed by atoms with Crippen LogP contribution in [0.2, 0.25) is 0 Å². The quantitative estimate of drug-likeness (QED) is 0.149. The molecule has 43 heavy (non-hydrogen) atoms. The second-order valence-electron chi connectivity index (χ2n) is 10.0. The van der Waals surface area contributed by atoms with Crippen LogP contribution in [0.25, 0.3) is 21.1 Å². The average molecular weight is 606 g/mol. The van der Waals surface area contributed by atoms with E-state index in [1.807, 2.05) is 12.1 Å². The van der Waals surface area contributed by atoms with Crippen molar-refractivity contribution in [2.75, 3.05) is 49.3 Å². The van der Waals surface area contributed by atoms with Crippen LogP contribution in [-0.4, -0.2) is 59.2 Å². The van der Waals surface area contributed by atoms with Gasteiger partial charge in [-0.3, -0.25) is 0 Å². The molecule has 3 N–H and O–H groups in total. The molecule has 2 amide bonds. The van der Waals surface area contributed by atoms with Crippen LogP contribution in [0.4, 0.5) is 35.9 Å². The summed E-state index contributed by atoms with van der Waals surface area (Å²) in [7, 11) is 1.60. The first kappa shape index (κ1) is 28.5. The van der Waals surface area contributed by atoms with Crippen molar-refractivity contribution in [3.8, 4) is 11.5 Å². The molecule has 3 heterocycles. The number of carbonyl (C=O) groups excluding carboxylic acids is 1. The number of rotatable bonds is 10. The van der Waals surface area contributed by atoms with E-state index in [2.05, 4.69) is 35.8 Å². The van der Waals surface area contributed by atoms with E-state index in [1.54, 1.807) is 25.3 Å². The number of fused-ring (bicyclic) bond motifs is 2. The Morgan fingerprint density at radius 2 is 1.86 bits per heavy atom. The fourth-order valence-corrected chi connectivity index (χ4v) is 5.85. The van der Waals surface area contributed by atoms with Crippen molar-refractivity contribution in [3.63, 3.8) is 0 Å². The zero-order chi connectivity index (χ0) is 29.8. The zero-order valence-corrected chi connectivity index (χ0v) is 24.1. The van der Waals surface area contributed by atoms with Crippen LogP contribution in [0.1, 0.15) is 19.3 Å². The molecule has 0 unspecified atom stereocenters. The van der Waals surface area contributed by atoms with Gasteiger partial charge in [0.25, 0.3) is 0 Å². The summed E-state index contributed by atoms with van der Waals surface area (Å²) in [6.45, 7) is 3.93. The summed E-state index contributed by atoms with van der Waals surface area (Å²) in [4.78, 5) is 28.3. The molecule has 0 aliphatic carbocycles. The fourth-order valence-electron chi connectivity index (χ4n) is 4.95. The molecule has 5 aromatic rings. The first-order valence-electron chi connectivity index (χ1n) is 13.8. The van der Waals surface area contributed by atoms with Gasteiger partial charge in [0.15, 0.2) is 16.6 Å². The minimum absolute atomic E-state index is 0.257. The lowest BCUT2D eigenvalue weighted by Gasteiger charge is -2.16. The van der Waals surface area contributed by atoms with E-state index in [4.69, 9.17) is 9.47 Å². The van der Waals surface area contributed by atoms with Gasteiger partial charge in [-0.15, -0.1) is 0 Å². The first-order valence-corrected chi connectivity index (χ1v) is 14.7. The third kappa shape index (κ3) is 6.73. The van der Waals surface area contributed by atoms with E-state index >= 15 is 0 Å². The van der Waals surface area contributed by atoms with Crippen LogP contribution in [0, 0.1) is 11.6 Å². The molecule has 6 rings (SSSR count). The number of halogens is 2. The third-order valence-corrected chi connectivity index (χ3v) is 7.98. The zero-order valence-electron chi connectivity index (χ0n) is 23.3. The predicted octanol–water partition coefficient (Wildman–Crippen LogP) is 6.78. The molecular weight excluding hydrogens is 576 g/mol. The molecule has 0 radical (unpaired) electrons. The summed E-state index contributed by atoms with van der Waals surface area (Å²) >= 11 is 1.36. The van der Waals surface area contributed by atoms with E-state index < -0.39 is 17.7 Å². The number of amides is 2. The minimum atomic E-state index is -0.739. The summed E-state index contributed by atoms with van der Waals surface area (Å²) in [6, 6.07) is 11.0. The summed E-state index contributed by atoms with van der Waals surface area (Å²) in [5, 5.41) is 9.55. The summed E-state index contributed by atoms with van der Waals surface area (Å²) in [6.07, 6.45) is 4.95. The van der Waals surface area contributed by atoms with E-state index in [-0.39, 0.29) is 5.69 Å². The van der Waals surface area contributed by atoms with Gasteiger partial charge < -0.3 is 30.3 Å². The predicted molar refractivity (Wildman–Crippen MR) is 164 cm³/mol. The standard InChI is InChI=1S/C30H29F2N7O3S/c1-41-25-15-20-23(16-26(25)42-12-4-11-39-9-2-3-10-39)33-17-34-28(20)38-30-37-22-8-6-19(14-27(22)43-30)35-29(40)36-24-13-18(31)5-7-21(24)32/h5-8,13-17H,2-4,9-12H2,1H3,(H2,35,36,40)(H,33,34,37,38). The average Bonchev–Trinajstić information content (AvgIpc) is 3.66. The highest BCUT2D eigenvalue weighted by Crippen LogP contribution is 2.36. The highest BCUT2D eigenvalue weighted by Gasteiger charge is 2.15. The Balaban J connectivity index is 1.14. The number of likely N-dealkylation sites (tertiary alicyclic amines) is 1. The Bertz CT molecular complexity index is 1780. The van der Waals surface area contributed by atoms with Crippen LogP contribution in [0.3, 0.4) is 0 Å². The molecule has 222 valence electrons. The van der Waals surface area contributed by atoms with Gasteiger partial charge in [-0.2, -0.15) is 0 Å². The molecular formula is C30H29F2N7O3S. The van der Waals surface area contributed by atoms with Gasteiger partial charge in [0.2, 0.25) is 0 Å². The Kier molecular flexibility index (Phi) is 8.43. The number of urea groups is 1. The van der Waals surface area contributed by atoms with E-state index in [0.717, 1.165) is 54.3 Å². The van der Waals surface area contributed by atoms with Gasteiger partial charge in [-0.05, 0) is 68.8 Å². The highest BCUT2D eigenvalue weighted by atomic mass is 32.1. The van der Waals surface area contributed by atoms with Gasteiger partial charge in [-0.25, -0.2) is 28.5 Å². The lowest BCUT2D eigenvalue weighted by molar-refractivity contribution is 0.254. The Hall–Kier alpha value is -4.62. The van der Waals surface area contributed by atoms with Gasteiger partial charge >= 0.3 is 6.03 Å². The molecule has 0 spiro atoms. The number of hydrogen-bond acceptors (Lipinski definition) is 9. The van der Waals surface area contributed by atoms with E-state index in [1.165, 1.54) is 30.5 Å². The lowest BCUT2D eigenvalue weighted by Crippen LogP contribution is -2.21. The van der Waals surface area contributed by atoms with Crippen LogP contribution in [-0.2, 0) is 0 Å². The lowest BCUT2D eigenvalue weighted by atomic mass is 10.2. The number of methoxy groups -OCH3 is 1. The first-order chi connectivity index (χ1) is 20.9. The largest absolute Gasteiger partial charge is 0.493 e. The molecule has 1 fully saturated rings. The molecule has 0 atom stereocenters. The van der Waals surface area contributed by atoms with Crippen LogP contribution < -0.4 is 25.4 Å². The van der Waals surface area contributed by atoms with Crippen LogP contribution >= 0.6 is 11.3 Å². The number of ether oxygens (including phenoxy) is 2. The second kappa shape index (κ2) is 12.7. The van der Waals surface area contributed by atoms with Gasteiger partial charge in [-0.1, -0.05) is 11.3 Å². The molecule has 1 saturated heterocycles. The summed E-state index contributed by atoms with van der Waals surface area (Å²) in [5.41, 5.74) is 1.60. The topological polar surface area (TPSA) is 114 Å². The molecule has 0 saturated carbocycles. The van der Waals surface area contributed by atoms with Crippen LogP contribution in [0.5, 0.6) is 11.5 Å². The molecule has 0 bridgehead atoms. The number of anilines is 4.